The van der Waals surface area contributed by atoms with Crippen molar-refractivity contribution in [3.8, 4) is 11.4 Å². The Hall–Kier alpha value is -2.71. The molecule has 1 fully saturated rings. The molecule has 2 aromatic carbocycles. The summed E-state index contributed by atoms with van der Waals surface area (Å²) in [6.07, 6.45) is -3.73. The van der Waals surface area contributed by atoms with Gasteiger partial charge in [-0.25, -0.2) is 10.9 Å². The van der Waals surface area contributed by atoms with E-state index in [1.807, 2.05) is 0 Å². The van der Waals surface area contributed by atoms with Crippen LogP contribution in [0, 0.1) is 13.8 Å². The van der Waals surface area contributed by atoms with E-state index in [0.717, 1.165) is 17.7 Å². The lowest BCUT2D eigenvalue weighted by Gasteiger charge is -2.11. The average molecular weight is 388 g/mol. The van der Waals surface area contributed by atoms with Crippen LogP contribution in [0.1, 0.15) is 46.6 Å². The molecule has 146 valence electrons. The fourth-order valence-corrected chi connectivity index (χ4v) is 3.25. The molecule has 5 nitrogen and oxygen atoms in total. The largest absolute Gasteiger partial charge is 0.416 e. The predicted octanol–water partition coefficient (Wildman–Crippen LogP) is 4.65. The summed E-state index contributed by atoms with van der Waals surface area (Å²) in [5, 5.41) is 3.86. The van der Waals surface area contributed by atoms with Gasteiger partial charge in [0.2, 0.25) is 11.7 Å². The van der Waals surface area contributed by atoms with Crippen LogP contribution in [0.25, 0.3) is 11.4 Å². The van der Waals surface area contributed by atoms with Gasteiger partial charge in [0.15, 0.2) is 0 Å². The van der Waals surface area contributed by atoms with Gasteiger partial charge in [0.25, 0.3) is 0 Å². The van der Waals surface area contributed by atoms with E-state index in [4.69, 9.17) is 4.52 Å². The minimum atomic E-state index is -4.42. The van der Waals surface area contributed by atoms with E-state index in [0.29, 0.717) is 12.3 Å². The van der Waals surface area contributed by atoms with Crippen molar-refractivity contribution in [3.63, 3.8) is 0 Å². The Kier molecular flexibility index (Phi) is 4.68. The lowest BCUT2D eigenvalue weighted by atomic mass is 9.98. The molecule has 0 spiro atoms. The van der Waals surface area contributed by atoms with Crippen LogP contribution >= 0.6 is 0 Å². The zero-order chi connectivity index (χ0) is 19.9. The van der Waals surface area contributed by atoms with Gasteiger partial charge in [-0.15, -0.1) is 0 Å². The smallest absolute Gasteiger partial charge is 0.337 e. The summed E-state index contributed by atoms with van der Waals surface area (Å²) in [7, 11) is 0. The number of benzene rings is 2. The molecule has 3 aromatic rings. The molecule has 0 saturated carbocycles. The summed E-state index contributed by atoms with van der Waals surface area (Å²) in [5.74, 6) is 0.476. The lowest BCUT2D eigenvalue weighted by Crippen LogP contribution is -2.26. The van der Waals surface area contributed by atoms with Crippen molar-refractivity contribution in [3.05, 3.63) is 70.6 Å². The summed E-state index contributed by atoms with van der Waals surface area (Å²) in [5.41, 5.74) is 9.47. The number of hydrazine groups is 1. The number of alkyl halides is 3. The second-order valence-electron chi connectivity index (χ2n) is 7.01. The van der Waals surface area contributed by atoms with Crippen molar-refractivity contribution in [2.24, 2.45) is 0 Å². The molecule has 0 amide bonds. The van der Waals surface area contributed by atoms with Crippen molar-refractivity contribution in [2.75, 3.05) is 0 Å². The fraction of sp³-hybridized carbons (Fsp3) is 0.300. The van der Waals surface area contributed by atoms with E-state index >= 15 is 0 Å². The Labute approximate surface area is 159 Å². The zero-order valence-corrected chi connectivity index (χ0v) is 15.3. The molecule has 1 aromatic heterocycles. The van der Waals surface area contributed by atoms with E-state index < -0.39 is 11.7 Å². The molecule has 4 rings (SSSR count). The van der Waals surface area contributed by atoms with Gasteiger partial charge >= 0.3 is 6.18 Å². The standard InChI is InChI=1S/C20H19F3N4O/c1-11-6-7-13(8-12(11)2)16-10-17(26-25-16)19-24-18(27-28-19)14-4-3-5-15(9-14)20(21,22)23/h3-9,16-17,25-26H,10H2,1-2H3. The Morgan fingerprint density at radius 2 is 1.79 bits per heavy atom. The summed E-state index contributed by atoms with van der Waals surface area (Å²) >= 11 is 0. The van der Waals surface area contributed by atoms with Crippen LogP contribution in [-0.4, -0.2) is 10.1 Å². The summed E-state index contributed by atoms with van der Waals surface area (Å²) in [4.78, 5) is 4.30. The first-order valence-electron chi connectivity index (χ1n) is 8.91. The maximum atomic E-state index is 12.9. The molecule has 2 heterocycles. The number of hydrogen-bond donors (Lipinski definition) is 2. The third-order valence-electron chi connectivity index (χ3n) is 5.02. The number of nitrogens with zero attached hydrogens (tertiary/aromatic N) is 2. The Morgan fingerprint density at radius 3 is 2.54 bits per heavy atom. The van der Waals surface area contributed by atoms with Crippen molar-refractivity contribution in [1.82, 2.24) is 21.0 Å². The third kappa shape index (κ3) is 3.65. The molecule has 0 radical (unpaired) electrons. The first-order chi connectivity index (χ1) is 13.3. The first-order valence-corrected chi connectivity index (χ1v) is 8.91. The van der Waals surface area contributed by atoms with Gasteiger partial charge in [-0.3, -0.25) is 0 Å². The SMILES string of the molecule is Cc1ccc(C2CC(c3nc(-c4cccc(C(F)(F)F)c4)no3)NN2)cc1C. The molecule has 0 bridgehead atoms. The van der Waals surface area contributed by atoms with Gasteiger partial charge in [0.1, 0.15) is 6.04 Å². The Morgan fingerprint density at radius 1 is 1.00 bits per heavy atom. The highest BCUT2D eigenvalue weighted by atomic mass is 19.4. The van der Waals surface area contributed by atoms with Crippen LogP contribution in [0.3, 0.4) is 0 Å². The fourth-order valence-electron chi connectivity index (χ4n) is 3.25. The van der Waals surface area contributed by atoms with Crippen molar-refractivity contribution in [1.29, 1.82) is 0 Å². The van der Waals surface area contributed by atoms with Gasteiger partial charge in [0, 0.05) is 11.6 Å². The molecular weight excluding hydrogens is 369 g/mol. The van der Waals surface area contributed by atoms with Gasteiger partial charge in [0.05, 0.1) is 5.56 Å². The van der Waals surface area contributed by atoms with Gasteiger partial charge in [-0.05, 0) is 49.1 Å². The molecule has 28 heavy (non-hydrogen) atoms. The molecule has 2 unspecified atom stereocenters. The number of rotatable bonds is 3. The van der Waals surface area contributed by atoms with E-state index in [-0.39, 0.29) is 23.5 Å². The van der Waals surface area contributed by atoms with Gasteiger partial charge < -0.3 is 4.52 Å². The maximum Gasteiger partial charge on any atom is 0.416 e. The average Bonchev–Trinajstić information content (AvgIpc) is 3.32. The molecule has 1 aliphatic rings. The number of hydrogen-bond acceptors (Lipinski definition) is 5. The van der Waals surface area contributed by atoms with Crippen LogP contribution in [0.2, 0.25) is 0 Å². The molecular formula is C20H19F3N4O. The van der Waals surface area contributed by atoms with Crippen molar-refractivity contribution in [2.45, 2.75) is 38.5 Å². The van der Waals surface area contributed by atoms with Crippen molar-refractivity contribution >= 4 is 0 Å². The highest BCUT2D eigenvalue weighted by Crippen LogP contribution is 2.33. The third-order valence-corrected chi connectivity index (χ3v) is 5.02. The van der Waals surface area contributed by atoms with Crippen LogP contribution < -0.4 is 10.9 Å². The van der Waals surface area contributed by atoms with E-state index in [1.54, 1.807) is 0 Å². The monoisotopic (exact) mass is 388 g/mol. The molecule has 8 heteroatoms. The second-order valence-corrected chi connectivity index (χ2v) is 7.01. The quantitative estimate of drug-likeness (QED) is 0.684. The minimum Gasteiger partial charge on any atom is -0.337 e. The van der Waals surface area contributed by atoms with Crippen LogP contribution in [-0.2, 0) is 6.18 Å². The molecule has 0 aliphatic carbocycles. The van der Waals surface area contributed by atoms with Gasteiger partial charge in [-0.1, -0.05) is 35.5 Å². The molecule has 2 atom stereocenters. The predicted molar refractivity (Wildman–Crippen MR) is 97.0 cm³/mol. The highest BCUT2D eigenvalue weighted by molar-refractivity contribution is 5.55. The first kappa shape index (κ1) is 18.6. The summed E-state index contributed by atoms with van der Waals surface area (Å²) < 4.78 is 44.0. The summed E-state index contributed by atoms with van der Waals surface area (Å²) in [6, 6.07) is 11.0. The van der Waals surface area contributed by atoms with Crippen LogP contribution in [0.5, 0.6) is 0 Å². The minimum absolute atomic E-state index is 0.0770. The number of halogens is 3. The highest BCUT2D eigenvalue weighted by Gasteiger charge is 2.32. The Bertz CT molecular complexity index is 999. The summed E-state index contributed by atoms with van der Waals surface area (Å²) in [6.45, 7) is 4.13. The van der Waals surface area contributed by atoms with E-state index in [2.05, 4.69) is 53.0 Å². The lowest BCUT2D eigenvalue weighted by molar-refractivity contribution is -0.137. The zero-order valence-electron chi connectivity index (χ0n) is 15.3. The topological polar surface area (TPSA) is 63.0 Å². The second kappa shape index (κ2) is 7.03. The van der Waals surface area contributed by atoms with Gasteiger partial charge in [-0.2, -0.15) is 18.2 Å². The van der Waals surface area contributed by atoms with Crippen LogP contribution in [0.15, 0.2) is 47.0 Å². The number of nitrogens with one attached hydrogen (secondary N) is 2. The normalized spacial score (nSPS) is 19.9. The van der Waals surface area contributed by atoms with E-state index in [1.165, 1.54) is 23.3 Å². The maximum absolute atomic E-state index is 12.9. The number of aromatic nitrogens is 2. The Balaban J connectivity index is 1.52. The molecule has 1 aliphatic heterocycles. The van der Waals surface area contributed by atoms with E-state index in [9.17, 15) is 13.2 Å². The number of aryl methyl sites for hydroxylation is 2. The van der Waals surface area contributed by atoms with Crippen LogP contribution in [0.4, 0.5) is 13.2 Å². The molecule has 1 saturated heterocycles. The van der Waals surface area contributed by atoms with Crippen molar-refractivity contribution < 1.29 is 17.7 Å². The molecule has 2 N–H and O–H groups in total.